The SMILES string of the molecule is N#C/C(=C1\C(c2nc3ccccn3n2)=CC2=C1C=C(c1nc3ccccn3n1)/C2=C(\C#N)c1sc(C#N)c(C(F)(F)F)c1C(F)(F)F)c1sc(C#N)c(C(F)(F)F)c1C(F)(F)F. The normalized spacial score (nSPS) is 16.2. The molecule has 0 fully saturated rings. The number of aromatic nitrogens is 6. The van der Waals surface area contributed by atoms with Gasteiger partial charge >= 0.3 is 24.7 Å². The zero-order valence-corrected chi connectivity index (χ0v) is 31.2. The first kappa shape index (κ1) is 41.2. The number of nitriles is 4. The van der Waals surface area contributed by atoms with E-state index >= 15 is 0 Å². The van der Waals surface area contributed by atoms with E-state index in [9.17, 15) is 73.7 Å². The van der Waals surface area contributed by atoms with E-state index in [4.69, 9.17) is 0 Å². The fourth-order valence-corrected chi connectivity index (χ4v) is 9.25. The maximum atomic E-state index is 14.8. The Morgan fingerprint density at radius 1 is 0.516 bits per heavy atom. The number of hydrogen-bond donors (Lipinski definition) is 0. The molecule has 24 heteroatoms. The summed E-state index contributed by atoms with van der Waals surface area (Å²) in [6.07, 6.45) is -18.6. The summed E-state index contributed by atoms with van der Waals surface area (Å²) in [4.78, 5) is 2.84. The summed E-state index contributed by atoms with van der Waals surface area (Å²) in [7, 11) is 0. The van der Waals surface area contributed by atoms with E-state index < -0.39 is 123 Å². The van der Waals surface area contributed by atoms with E-state index in [1.807, 2.05) is 0 Å². The second kappa shape index (κ2) is 14.0. The Balaban J connectivity index is 1.56. The molecule has 0 N–H and O–H groups in total. The van der Waals surface area contributed by atoms with E-state index in [-0.39, 0.29) is 34.0 Å². The molecule has 0 saturated heterocycles. The summed E-state index contributed by atoms with van der Waals surface area (Å²) in [5, 5.41) is 49.1. The van der Waals surface area contributed by atoms with E-state index in [1.165, 1.54) is 60.9 Å². The molecular weight excluding hydrogens is 889 g/mol. The maximum Gasteiger partial charge on any atom is 0.419 e. The van der Waals surface area contributed by atoms with Crippen LogP contribution in [0, 0.1) is 45.3 Å². The van der Waals surface area contributed by atoms with Crippen LogP contribution in [-0.2, 0) is 24.7 Å². The van der Waals surface area contributed by atoms with Crippen LogP contribution in [0.15, 0.2) is 83.2 Å². The van der Waals surface area contributed by atoms with Gasteiger partial charge in [0.2, 0.25) is 0 Å². The molecule has 0 unspecified atom stereocenters. The first-order valence-corrected chi connectivity index (χ1v) is 18.3. The summed E-state index contributed by atoms with van der Waals surface area (Å²) in [5.74, 6) is -0.848. The number of pyridine rings is 2. The average Bonchev–Trinajstić information content (AvgIpc) is 4.03. The highest BCUT2D eigenvalue weighted by Crippen LogP contribution is 2.57. The Morgan fingerprint density at radius 2 is 0.871 bits per heavy atom. The second-order valence-corrected chi connectivity index (χ2v) is 14.8. The van der Waals surface area contributed by atoms with E-state index in [1.54, 1.807) is 0 Å². The Morgan fingerprint density at radius 3 is 1.16 bits per heavy atom. The number of rotatable bonds is 4. The zero-order chi connectivity index (χ0) is 44.8. The van der Waals surface area contributed by atoms with E-state index in [0.29, 0.717) is 0 Å². The Labute approximate surface area is 344 Å². The molecule has 0 radical (unpaired) electrons. The van der Waals surface area contributed by atoms with Gasteiger partial charge < -0.3 is 0 Å². The molecule has 2 aliphatic rings. The van der Waals surface area contributed by atoms with Gasteiger partial charge in [0.1, 0.15) is 34.0 Å². The van der Waals surface area contributed by atoms with Crippen LogP contribution < -0.4 is 0 Å². The van der Waals surface area contributed by atoms with Crippen LogP contribution in [0.1, 0.15) is 53.4 Å². The number of thiophene rings is 2. The molecule has 6 aromatic heterocycles. The van der Waals surface area contributed by atoms with Gasteiger partial charge in [0.15, 0.2) is 22.9 Å². The molecule has 0 atom stereocenters. The van der Waals surface area contributed by atoms with Gasteiger partial charge in [-0.3, -0.25) is 0 Å². The first-order chi connectivity index (χ1) is 29.1. The predicted molar refractivity (Wildman–Crippen MR) is 192 cm³/mol. The van der Waals surface area contributed by atoms with Crippen LogP contribution in [0.3, 0.4) is 0 Å². The standard InChI is InChI=1S/C38H10F12N10S2/c39-35(40,41)27-21(13-53)61-31(29(27)37(45,46)47)19(11-51)25-16-10-18(34-56-24-6-2-4-8-60(24)58-34)26(15(16)9-17(25)33-55-23-5-1-3-7-59(23)57-33)20(12-52)32-30(38(48,49)50)28(36(42,43)44)22(14-54)62-32/h1-10H/b25-19+,26-20+. The molecule has 0 saturated carbocycles. The van der Waals surface area contributed by atoms with Crippen molar-refractivity contribution >= 4 is 56.3 Å². The van der Waals surface area contributed by atoms with Gasteiger partial charge in [0.05, 0.1) is 43.2 Å². The third kappa shape index (κ3) is 6.48. The van der Waals surface area contributed by atoms with Crippen molar-refractivity contribution in [3.63, 3.8) is 0 Å². The molecule has 62 heavy (non-hydrogen) atoms. The van der Waals surface area contributed by atoms with Crippen molar-refractivity contribution in [3.8, 4) is 24.3 Å². The minimum Gasteiger partial charge on any atom is -0.221 e. The van der Waals surface area contributed by atoms with Crippen LogP contribution in [-0.4, -0.2) is 29.2 Å². The lowest BCUT2D eigenvalue weighted by Gasteiger charge is -2.15. The quantitative estimate of drug-likeness (QED) is 0.125. The van der Waals surface area contributed by atoms with Gasteiger partial charge in [0, 0.05) is 34.7 Å². The average molecular weight is 899 g/mol. The zero-order valence-electron chi connectivity index (χ0n) is 29.6. The second-order valence-electron chi connectivity index (χ2n) is 12.8. The van der Waals surface area contributed by atoms with Gasteiger partial charge in [-0.2, -0.15) is 73.7 Å². The molecule has 6 aromatic rings. The highest BCUT2D eigenvalue weighted by atomic mass is 32.1. The van der Waals surface area contributed by atoms with Crippen LogP contribution in [0.2, 0.25) is 0 Å². The Bertz CT molecular complexity index is 3010. The molecule has 0 aliphatic heterocycles. The third-order valence-corrected chi connectivity index (χ3v) is 11.5. The fourth-order valence-electron chi connectivity index (χ4n) is 6.97. The number of halogens is 12. The van der Waals surface area contributed by atoms with Crippen molar-refractivity contribution in [1.82, 2.24) is 29.2 Å². The molecule has 0 amide bonds. The maximum absolute atomic E-state index is 14.8. The molecule has 2 aliphatic carbocycles. The van der Waals surface area contributed by atoms with Gasteiger partial charge in [-0.1, -0.05) is 12.1 Å². The number of nitrogens with zero attached hydrogens (tertiary/aromatic N) is 10. The molecule has 0 bridgehead atoms. The van der Waals surface area contributed by atoms with Crippen molar-refractivity contribution in [1.29, 1.82) is 21.0 Å². The summed E-state index contributed by atoms with van der Waals surface area (Å²) >= 11 is -0.665. The predicted octanol–water partition coefficient (Wildman–Crippen LogP) is 10.5. The van der Waals surface area contributed by atoms with E-state index in [2.05, 4.69) is 20.2 Å². The van der Waals surface area contributed by atoms with Crippen molar-refractivity contribution in [2.24, 2.45) is 0 Å². The lowest BCUT2D eigenvalue weighted by Crippen LogP contribution is -2.17. The van der Waals surface area contributed by atoms with Crippen molar-refractivity contribution in [2.75, 3.05) is 0 Å². The summed E-state index contributed by atoms with van der Waals surface area (Å²) in [5.41, 5.74) is -15.0. The topological polar surface area (TPSA) is 156 Å². The van der Waals surface area contributed by atoms with Crippen molar-refractivity contribution in [2.45, 2.75) is 24.7 Å². The van der Waals surface area contributed by atoms with Gasteiger partial charge in [-0.15, -0.1) is 32.9 Å². The van der Waals surface area contributed by atoms with Crippen LogP contribution in [0.4, 0.5) is 52.7 Å². The van der Waals surface area contributed by atoms with E-state index in [0.717, 1.165) is 33.3 Å². The van der Waals surface area contributed by atoms with Crippen LogP contribution in [0.25, 0.3) is 33.6 Å². The van der Waals surface area contributed by atoms with Crippen LogP contribution in [0.5, 0.6) is 0 Å². The monoisotopic (exact) mass is 898 g/mol. The Hall–Kier alpha value is -7.54. The van der Waals surface area contributed by atoms with Crippen molar-refractivity contribution < 1.29 is 52.7 Å². The van der Waals surface area contributed by atoms with Gasteiger partial charge in [0.25, 0.3) is 0 Å². The summed E-state index contributed by atoms with van der Waals surface area (Å²) < 4.78 is 177. The minimum absolute atomic E-state index is 0.0716. The smallest absolute Gasteiger partial charge is 0.221 e. The molecule has 8 rings (SSSR count). The molecule has 6 heterocycles. The lowest BCUT2D eigenvalue weighted by atomic mass is 9.92. The third-order valence-electron chi connectivity index (χ3n) is 9.24. The Kier molecular flexibility index (Phi) is 9.31. The molecule has 10 nitrogen and oxygen atoms in total. The number of fused-ring (bicyclic) bond motifs is 2. The highest BCUT2D eigenvalue weighted by molar-refractivity contribution is 7.14. The largest absolute Gasteiger partial charge is 0.419 e. The van der Waals surface area contributed by atoms with Gasteiger partial charge in [-0.05, 0) is 47.6 Å². The number of allylic oxidation sites excluding steroid dienone is 10. The number of hydrogen-bond acceptors (Lipinski definition) is 10. The first-order valence-electron chi connectivity index (χ1n) is 16.7. The molecule has 0 spiro atoms. The minimum atomic E-state index is -5.87. The molecule has 308 valence electrons. The lowest BCUT2D eigenvalue weighted by molar-refractivity contribution is -0.161. The summed E-state index contributed by atoms with van der Waals surface area (Å²) in [6.45, 7) is 0. The molecule has 0 aromatic carbocycles. The fraction of sp³-hybridized carbons (Fsp3) is 0.105. The number of alkyl halides is 12. The molecular formula is C38H10F12N10S2. The van der Waals surface area contributed by atoms with Crippen molar-refractivity contribution in [3.05, 3.63) is 137 Å². The summed E-state index contributed by atoms with van der Waals surface area (Å²) in [6, 6.07) is 13.9. The van der Waals surface area contributed by atoms with Crippen LogP contribution >= 0.6 is 22.7 Å². The van der Waals surface area contributed by atoms with Gasteiger partial charge in [-0.25, -0.2) is 19.0 Å². The highest BCUT2D eigenvalue weighted by Gasteiger charge is 2.52.